The molecule has 0 amide bonds. The Morgan fingerprint density at radius 3 is 2.45 bits per heavy atom. The summed E-state index contributed by atoms with van der Waals surface area (Å²) in [4.78, 5) is 0.984. The van der Waals surface area contributed by atoms with E-state index in [0.29, 0.717) is 5.02 Å². The topological polar surface area (TPSA) is 12.0 Å². The fourth-order valence-corrected chi connectivity index (χ4v) is 2.79. The lowest BCUT2D eigenvalue weighted by Gasteiger charge is -2.20. The summed E-state index contributed by atoms with van der Waals surface area (Å²) in [5.41, 5.74) is 1.26. The van der Waals surface area contributed by atoms with Crippen molar-refractivity contribution in [1.29, 1.82) is 0 Å². The van der Waals surface area contributed by atoms with E-state index in [1.807, 2.05) is 57.2 Å². The van der Waals surface area contributed by atoms with Crippen molar-refractivity contribution in [2.75, 3.05) is 4.72 Å². The summed E-state index contributed by atoms with van der Waals surface area (Å²) in [6.07, 6.45) is 0. The number of benzene rings is 2. The third kappa shape index (κ3) is 3.90. The van der Waals surface area contributed by atoms with Crippen molar-refractivity contribution in [2.24, 2.45) is 0 Å². The van der Waals surface area contributed by atoms with Crippen LogP contribution in [0.5, 0.6) is 0 Å². The number of hydrogen-bond donors (Lipinski definition) is 1. The summed E-state index contributed by atoms with van der Waals surface area (Å²) in [6.45, 7) is 6.00. The van der Waals surface area contributed by atoms with Crippen LogP contribution < -0.4 is 4.72 Å². The van der Waals surface area contributed by atoms with Crippen LogP contribution in [-0.2, 0) is 5.41 Å². The Hall–Kier alpha value is -1.19. The Bertz CT molecular complexity index is 608. The molecule has 1 N–H and O–H groups in total. The maximum absolute atomic E-state index is 14.1. The molecule has 20 heavy (non-hydrogen) atoms. The Morgan fingerprint density at radius 2 is 1.85 bits per heavy atom. The molecular formula is C16H17ClFNS. The third-order valence-electron chi connectivity index (χ3n) is 2.86. The van der Waals surface area contributed by atoms with Crippen molar-refractivity contribution in [3.8, 4) is 0 Å². The van der Waals surface area contributed by atoms with E-state index in [9.17, 15) is 4.39 Å². The van der Waals surface area contributed by atoms with E-state index in [1.54, 1.807) is 0 Å². The van der Waals surface area contributed by atoms with Crippen LogP contribution in [0.1, 0.15) is 26.3 Å². The number of hydrogen-bond acceptors (Lipinski definition) is 2. The van der Waals surface area contributed by atoms with Crippen LogP contribution in [0.3, 0.4) is 0 Å². The van der Waals surface area contributed by atoms with Crippen molar-refractivity contribution in [3.05, 3.63) is 58.9 Å². The van der Waals surface area contributed by atoms with Gasteiger partial charge in [-0.3, -0.25) is 0 Å². The average Bonchev–Trinajstić information content (AvgIpc) is 2.35. The average molecular weight is 310 g/mol. The molecule has 1 nitrogen and oxygen atoms in total. The molecule has 0 spiro atoms. The van der Waals surface area contributed by atoms with E-state index in [0.717, 1.165) is 16.1 Å². The van der Waals surface area contributed by atoms with Crippen LogP contribution >= 0.6 is 23.5 Å². The maximum Gasteiger partial charge on any atom is 0.129 e. The zero-order chi connectivity index (χ0) is 14.8. The number of nitrogens with one attached hydrogen (secondary N) is 1. The first-order valence-corrected chi connectivity index (χ1v) is 7.54. The molecule has 0 aliphatic rings. The Morgan fingerprint density at radius 1 is 1.10 bits per heavy atom. The SMILES string of the molecule is CC(C)(C)c1ccc(NSc2cccc(Cl)c2)cc1F. The van der Waals surface area contributed by atoms with Gasteiger partial charge in [-0.15, -0.1) is 0 Å². The molecule has 0 fully saturated rings. The van der Waals surface area contributed by atoms with Gasteiger partial charge in [0.25, 0.3) is 0 Å². The predicted molar refractivity (Wildman–Crippen MR) is 86.0 cm³/mol. The van der Waals surface area contributed by atoms with Crippen LogP contribution in [0.4, 0.5) is 10.1 Å². The number of halogens is 2. The largest absolute Gasteiger partial charge is 0.326 e. The standard InChI is InChI=1S/C16H17ClFNS/c1-16(2,3)14-8-7-12(10-15(14)18)19-20-13-6-4-5-11(17)9-13/h4-10,19H,1-3H3. The first-order valence-electron chi connectivity index (χ1n) is 6.35. The molecule has 0 aromatic heterocycles. The van der Waals surface area contributed by atoms with Gasteiger partial charge in [0.1, 0.15) is 5.82 Å². The van der Waals surface area contributed by atoms with Crippen LogP contribution in [0.15, 0.2) is 47.4 Å². The molecule has 0 aliphatic carbocycles. The van der Waals surface area contributed by atoms with Crippen molar-refractivity contribution < 1.29 is 4.39 Å². The minimum atomic E-state index is -0.192. The van der Waals surface area contributed by atoms with E-state index < -0.39 is 0 Å². The highest BCUT2D eigenvalue weighted by Crippen LogP contribution is 2.29. The van der Waals surface area contributed by atoms with Gasteiger partial charge < -0.3 is 4.72 Å². The highest BCUT2D eigenvalue weighted by molar-refractivity contribution is 8.00. The molecule has 0 atom stereocenters. The molecule has 106 valence electrons. The van der Waals surface area contributed by atoms with E-state index in [2.05, 4.69) is 4.72 Å². The maximum atomic E-state index is 14.1. The van der Waals surface area contributed by atoms with Crippen LogP contribution in [0, 0.1) is 5.82 Å². The normalized spacial score (nSPS) is 11.4. The first kappa shape index (κ1) is 15.2. The summed E-state index contributed by atoms with van der Waals surface area (Å²) in [7, 11) is 0. The van der Waals surface area contributed by atoms with E-state index in [-0.39, 0.29) is 11.2 Å². The zero-order valence-corrected chi connectivity index (χ0v) is 13.3. The van der Waals surface area contributed by atoms with E-state index in [4.69, 9.17) is 11.6 Å². The molecule has 0 aliphatic heterocycles. The Kier molecular flexibility index (Phi) is 4.61. The second-order valence-corrected chi connectivity index (χ2v) is 6.92. The smallest absolute Gasteiger partial charge is 0.129 e. The molecule has 4 heteroatoms. The number of anilines is 1. The summed E-state index contributed by atoms with van der Waals surface area (Å²) in [5.74, 6) is -0.186. The van der Waals surface area contributed by atoms with Crippen LogP contribution in [0.2, 0.25) is 5.02 Å². The molecule has 0 saturated heterocycles. The van der Waals surface area contributed by atoms with E-state index >= 15 is 0 Å². The summed E-state index contributed by atoms with van der Waals surface area (Å²) >= 11 is 7.33. The van der Waals surface area contributed by atoms with Gasteiger partial charge in [0.15, 0.2) is 0 Å². The van der Waals surface area contributed by atoms with Gasteiger partial charge in [-0.05, 0) is 53.3 Å². The summed E-state index contributed by atoms with van der Waals surface area (Å²) in [5, 5.41) is 0.686. The first-order chi connectivity index (χ1) is 9.36. The lowest BCUT2D eigenvalue weighted by atomic mass is 9.86. The van der Waals surface area contributed by atoms with Gasteiger partial charge in [-0.25, -0.2) is 4.39 Å². The molecule has 0 bridgehead atoms. The molecule has 2 aromatic rings. The Labute approximate surface area is 128 Å². The monoisotopic (exact) mass is 309 g/mol. The quantitative estimate of drug-likeness (QED) is 0.709. The lowest BCUT2D eigenvalue weighted by molar-refractivity contribution is 0.523. The molecule has 0 saturated carbocycles. The van der Waals surface area contributed by atoms with Crippen LogP contribution in [0.25, 0.3) is 0 Å². The van der Waals surface area contributed by atoms with Crippen LogP contribution in [-0.4, -0.2) is 0 Å². The van der Waals surface area contributed by atoms with Gasteiger partial charge >= 0.3 is 0 Å². The molecular weight excluding hydrogens is 293 g/mol. The molecule has 2 rings (SSSR count). The zero-order valence-electron chi connectivity index (χ0n) is 11.7. The Balaban J connectivity index is 2.10. The van der Waals surface area contributed by atoms with Crippen molar-refractivity contribution in [2.45, 2.75) is 31.1 Å². The fraction of sp³-hybridized carbons (Fsp3) is 0.250. The molecule has 0 heterocycles. The minimum absolute atomic E-state index is 0.186. The molecule has 0 unspecified atom stereocenters. The van der Waals surface area contributed by atoms with Gasteiger partial charge in [-0.2, -0.15) is 0 Å². The summed E-state index contributed by atoms with van der Waals surface area (Å²) < 4.78 is 17.2. The van der Waals surface area contributed by atoms with Crippen molar-refractivity contribution >= 4 is 29.2 Å². The van der Waals surface area contributed by atoms with E-state index in [1.165, 1.54) is 18.0 Å². The van der Waals surface area contributed by atoms with Gasteiger partial charge in [0, 0.05) is 15.6 Å². The highest BCUT2D eigenvalue weighted by atomic mass is 35.5. The second kappa shape index (κ2) is 6.06. The second-order valence-electron chi connectivity index (χ2n) is 5.61. The van der Waals surface area contributed by atoms with Crippen molar-refractivity contribution in [3.63, 3.8) is 0 Å². The lowest BCUT2D eigenvalue weighted by Crippen LogP contribution is -2.13. The van der Waals surface area contributed by atoms with Gasteiger partial charge in [0.05, 0.1) is 0 Å². The molecule has 0 radical (unpaired) electrons. The third-order valence-corrected chi connectivity index (χ3v) is 3.92. The van der Waals surface area contributed by atoms with Gasteiger partial charge in [-0.1, -0.05) is 44.5 Å². The predicted octanol–water partition coefficient (Wildman–Crippen LogP) is 5.90. The summed E-state index contributed by atoms with van der Waals surface area (Å²) in [6, 6.07) is 12.8. The minimum Gasteiger partial charge on any atom is -0.326 e. The number of rotatable bonds is 3. The van der Waals surface area contributed by atoms with Crippen molar-refractivity contribution in [1.82, 2.24) is 0 Å². The highest BCUT2D eigenvalue weighted by Gasteiger charge is 2.18. The fourth-order valence-electron chi connectivity index (χ4n) is 1.84. The van der Waals surface area contributed by atoms with Gasteiger partial charge in [0.2, 0.25) is 0 Å². The molecule has 2 aromatic carbocycles.